The van der Waals surface area contributed by atoms with Gasteiger partial charge >= 0.3 is 7.12 Å². The summed E-state index contributed by atoms with van der Waals surface area (Å²) in [4.78, 5) is 0. The summed E-state index contributed by atoms with van der Waals surface area (Å²) in [5.74, 6) is -0.809. The number of aryl methyl sites for hydroxylation is 1. The average molecular weight is 310 g/mol. The Balaban J connectivity index is 2.02. The molecule has 2 nitrogen and oxygen atoms in total. The zero-order valence-corrected chi connectivity index (χ0v) is 13.5. The lowest BCUT2D eigenvalue weighted by atomic mass is 9.75. The van der Waals surface area contributed by atoms with Gasteiger partial charge in [-0.3, -0.25) is 0 Å². The van der Waals surface area contributed by atoms with Gasteiger partial charge in [-0.2, -0.15) is 0 Å². The van der Waals surface area contributed by atoms with E-state index in [0.717, 1.165) is 32.1 Å². The van der Waals surface area contributed by atoms with Crippen LogP contribution in [0, 0.1) is 17.6 Å². The fourth-order valence-electron chi connectivity index (χ4n) is 2.87. The average Bonchev–Trinajstić information content (AvgIpc) is 2.49. The summed E-state index contributed by atoms with van der Waals surface area (Å²) in [5, 5.41) is 0. The molecule has 0 unspecified atom stereocenters. The van der Waals surface area contributed by atoms with E-state index in [1.807, 2.05) is 0 Å². The Kier molecular flexibility index (Phi) is 6.84. The van der Waals surface area contributed by atoms with Crippen molar-refractivity contribution < 1.29 is 18.1 Å². The Hall–Kier alpha value is -0.935. The standard InChI is InChI=1S/C17H25BF2O2/c1-3-5-6-8-13-9-15(19)17(16(20)10-13)18-21-11-14(7-4-2)12-22-18/h9-10,14H,3-8,11-12H2,1-2H3. The van der Waals surface area contributed by atoms with Crippen molar-refractivity contribution in [3.05, 3.63) is 29.3 Å². The highest BCUT2D eigenvalue weighted by Crippen LogP contribution is 2.17. The van der Waals surface area contributed by atoms with Gasteiger partial charge < -0.3 is 9.31 Å². The lowest BCUT2D eigenvalue weighted by Gasteiger charge is -2.27. The minimum atomic E-state index is -0.919. The van der Waals surface area contributed by atoms with Crippen LogP contribution in [0.15, 0.2) is 12.1 Å². The molecule has 0 amide bonds. The van der Waals surface area contributed by atoms with Crippen LogP contribution in [0.25, 0.3) is 0 Å². The molecule has 122 valence electrons. The quantitative estimate of drug-likeness (QED) is 0.562. The van der Waals surface area contributed by atoms with Gasteiger partial charge in [-0.15, -0.1) is 0 Å². The number of halogens is 2. The molecule has 1 aromatic rings. The largest absolute Gasteiger partial charge is 0.499 e. The monoisotopic (exact) mass is 310 g/mol. The molecule has 1 aliphatic heterocycles. The first-order valence-corrected chi connectivity index (χ1v) is 8.36. The van der Waals surface area contributed by atoms with Crippen LogP contribution in [0.3, 0.4) is 0 Å². The third-order valence-electron chi connectivity index (χ3n) is 4.11. The van der Waals surface area contributed by atoms with Gasteiger partial charge in [0, 0.05) is 19.1 Å². The molecule has 0 bridgehead atoms. The van der Waals surface area contributed by atoms with E-state index in [1.165, 1.54) is 12.1 Å². The van der Waals surface area contributed by atoms with E-state index < -0.39 is 18.8 Å². The molecule has 0 N–H and O–H groups in total. The molecule has 1 fully saturated rings. The van der Waals surface area contributed by atoms with Crippen molar-refractivity contribution in [3.63, 3.8) is 0 Å². The molecule has 1 aromatic carbocycles. The Bertz CT molecular complexity index is 451. The summed E-state index contributed by atoms with van der Waals surface area (Å²) in [7, 11) is -0.919. The Morgan fingerprint density at radius 1 is 1.05 bits per heavy atom. The summed E-state index contributed by atoms with van der Waals surface area (Å²) in [6, 6.07) is 2.83. The van der Waals surface area contributed by atoms with Crippen LogP contribution in [0.4, 0.5) is 8.78 Å². The molecule has 0 saturated carbocycles. The van der Waals surface area contributed by atoms with Crippen molar-refractivity contribution in [1.82, 2.24) is 0 Å². The maximum absolute atomic E-state index is 14.2. The lowest BCUT2D eigenvalue weighted by Crippen LogP contribution is -2.47. The van der Waals surface area contributed by atoms with Crippen LogP contribution in [0.5, 0.6) is 0 Å². The summed E-state index contributed by atoms with van der Waals surface area (Å²) in [6.45, 7) is 5.20. The molecule has 0 atom stereocenters. The number of benzene rings is 1. The van der Waals surface area contributed by atoms with Crippen LogP contribution in [-0.2, 0) is 15.7 Å². The second-order valence-corrected chi connectivity index (χ2v) is 6.08. The minimum Gasteiger partial charge on any atom is -0.407 e. The van der Waals surface area contributed by atoms with Gasteiger partial charge in [0.2, 0.25) is 0 Å². The van der Waals surface area contributed by atoms with Crippen molar-refractivity contribution in [3.8, 4) is 0 Å². The normalized spacial score (nSPS) is 16.3. The highest BCUT2D eigenvalue weighted by Gasteiger charge is 2.34. The molecule has 0 aromatic heterocycles. The van der Waals surface area contributed by atoms with Gasteiger partial charge in [0.1, 0.15) is 11.6 Å². The smallest absolute Gasteiger partial charge is 0.407 e. The minimum absolute atomic E-state index is 0.0887. The molecular weight excluding hydrogens is 285 g/mol. The maximum Gasteiger partial charge on any atom is 0.499 e. The first-order valence-electron chi connectivity index (χ1n) is 8.36. The molecule has 22 heavy (non-hydrogen) atoms. The van der Waals surface area contributed by atoms with E-state index >= 15 is 0 Å². The van der Waals surface area contributed by atoms with Gasteiger partial charge in [0.25, 0.3) is 0 Å². The van der Waals surface area contributed by atoms with Gasteiger partial charge in [-0.1, -0.05) is 33.1 Å². The summed E-state index contributed by atoms with van der Waals surface area (Å²) < 4.78 is 39.6. The third kappa shape index (κ3) is 4.53. The van der Waals surface area contributed by atoms with E-state index in [9.17, 15) is 8.78 Å². The van der Waals surface area contributed by atoms with E-state index in [1.54, 1.807) is 0 Å². The molecule has 5 heteroatoms. The molecule has 1 aliphatic rings. The Morgan fingerprint density at radius 3 is 2.23 bits per heavy atom. The number of unbranched alkanes of at least 4 members (excludes halogenated alkanes) is 2. The zero-order valence-electron chi connectivity index (χ0n) is 13.5. The number of rotatable bonds is 7. The van der Waals surface area contributed by atoms with Crippen molar-refractivity contribution >= 4 is 12.6 Å². The fourth-order valence-corrected chi connectivity index (χ4v) is 2.87. The van der Waals surface area contributed by atoms with Crippen LogP contribution in [-0.4, -0.2) is 20.3 Å². The highest BCUT2D eigenvalue weighted by molar-refractivity contribution is 6.61. The van der Waals surface area contributed by atoms with Crippen molar-refractivity contribution in [2.75, 3.05) is 13.2 Å². The molecular formula is C17H25BF2O2. The van der Waals surface area contributed by atoms with E-state index in [2.05, 4.69) is 13.8 Å². The predicted octanol–water partition coefficient (Wildman–Crippen LogP) is 3.86. The van der Waals surface area contributed by atoms with Crippen molar-refractivity contribution in [1.29, 1.82) is 0 Å². The molecule has 0 spiro atoms. The molecule has 1 heterocycles. The van der Waals surface area contributed by atoms with Gasteiger partial charge in [0.15, 0.2) is 0 Å². The van der Waals surface area contributed by atoms with Gasteiger partial charge in [0.05, 0.1) is 5.46 Å². The molecule has 1 saturated heterocycles. The Labute approximate surface area is 132 Å². The highest BCUT2D eigenvalue weighted by atomic mass is 19.1. The van der Waals surface area contributed by atoms with Gasteiger partial charge in [-0.25, -0.2) is 8.78 Å². The Morgan fingerprint density at radius 2 is 1.68 bits per heavy atom. The third-order valence-corrected chi connectivity index (χ3v) is 4.11. The lowest BCUT2D eigenvalue weighted by molar-refractivity contribution is 0.0813. The fraction of sp³-hybridized carbons (Fsp3) is 0.647. The van der Waals surface area contributed by atoms with Crippen LogP contribution < -0.4 is 5.46 Å². The second-order valence-electron chi connectivity index (χ2n) is 6.08. The number of hydrogen-bond acceptors (Lipinski definition) is 2. The van der Waals surface area contributed by atoms with Crippen LogP contribution >= 0.6 is 0 Å². The summed E-state index contributed by atoms with van der Waals surface area (Å²) in [6.07, 6.45) is 5.87. The van der Waals surface area contributed by atoms with Gasteiger partial charge in [-0.05, 0) is 37.0 Å². The topological polar surface area (TPSA) is 18.5 Å². The molecule has 0 radical (unpaired) electrons. The molecule has 2 rings (SSSR count). The second kappa shape index (κ2) is 8.63. The number of hydrogen-bond donors (Lipinski definition) is 0. The first kappa shape index (κ1) is 17.4. The first-order chi connectivity index (χ1) is 10.7. The van der Waals surface area contributed by atoms with E-state index in [-0.39, 0.29) is 5.46 Å². The van der Waals surface area contributed by atoms with Crippen molar-refractivity contribution in [2.24, 2.45) is 5.92 Å². The van der Waals surface area contributed by atoms with E-state index in [4.69, 9.17) is 9.31 Å². The van der Waals surface area contributed by atoms with E-state index in [0.29, 0.717) is 31.1 Å². The SMILES string of the molecule is CCCCCc1cc(F)c(B2OCC(CCC)CO2)c(F)c1. The zero-order chi connectivity index (χ0) is 15.9. The predicted molar refractivity (Wildman–Crippen MR) is 85.3 cm³/mol. The van der Waals surface area contributed by atoms with Crippen LogP contribution in [0.2, 0.25) is 0 Å². The van der Waals surface area contributed by atoms with Crippen molar-refractivity contribution in [2.45, 2.75) is 52.4 Å². The summed E-state index contributed by atoms with van der Waals surface area (Å²) >= 11 is 0. The van der Waals surface area contributed by atoms with Crippen LogP contribution in [0.1, 0.15) is 51.5 Å². The molecule has 0 aliphatic carbocycles. The maximum atomic E-state index is 14.2. The summed E-state index contributed by atoms with van der Waals surface area (Å²) in [5.41, 5.74) is 0.612.